The monoisotopic (exact) mass is 367 g/mol. The molecule has 0 unspecified atom stereocenters. The minimum Gasteiger partial charge on any atom is -0.450 e. The van der Waals surface area contributed by atoms with Crippen molar-refractivity contribution < 1.29 is 18.7 Å². The van der Waals surface area contributed by atoms with Crippen LogP contribution in [0.1, 0.15) is 36.4 Å². The van der Waals surface area contributed by atoms with E-state index in [0.717, 1.165) is 16.3 Å². The Labute approximate surface area is 137 Å². The first-order valence-electron chi connectivity index (χ1n) is 7.07. The van der Waals surface area contributed by atoms with Crippen molar-refractivity contribution in [2.75, 3.05) is 6.61 Å². The number of aryl methyl sites for hydroxylation is 1. The van der Waals surface area contributed by atoms with Gasteiger partial charge in [0.05, 0.1) is 0 Å². The molecule has 0 aliphatic rings. The van der Waals surface area contributed by atoms with Gasteiger partial charge in [0.2, 0.25) is 5.76 Å². The number of carbonyl (C=O) groups is 2. The number of hydrogen-bond acceptors (Lipinski definition) is 4. The molecular weight excluding hydrogens is 350 g/mol. The largest absolute Gasteiger partial charge is 0.450 e. The second-order valence-corrected chi connectivity index (χ2v) is 6.07. The van der Waals surface area contributed by atoms with E-state index >= 15 is 0 Å². The van der Waals surface area contributed by atoms with Crippen molar-refractivity contribution in [3.8, 4) is 0 Å². The highest BCUT2D eigenvalue weighted by Gasteiger charge is 2.20. The molecule has 0 fully saturated rings. The number of hydrogen-bond donors (Lipinski definition) is 1. The number of rotatable bonds is 5. The number of amides is 1. The van der Waals surface area contributed by atoms with Gasteiger partial charge in [0.25, 0.3) is 5.91 Å². The summed E-state index contributed by atoms with van der Waals surface area (Å²) in [7, 11) is 0. The van der Waals surface area contributed by atoms with Gasteiger partial charge < -0.3 is 14.5 Å². The highest BCUT2D eigenvalue weighted by molar-refractivity contribution is 9.10. The third kappa shape index (κ3) is 3.68. The summed E-state index contributed by atoms with van der Waals surface area (Å²) in [6, 6.07) is 5.54. The van der Waals surface area contributed by atoms with E-state index in [4.69, 9.17) is 9.15 Å². The Bertz CT molecular complexity index is 707. The molecule has 0 saturated carbocycles. The first-order valence-corrected chi connectivity index (χ1v) is 7.86. The molecule has 22 heavy (non-hydrogen) atoms. The number of furan rings is 1. The van der Waals surface area contributed by atoms with Gasteiger partial charge in [-0.05, 0) is 38.5 Å². The topological polar surface area (TPSA) is 68.5 Å². The maximum atomic E-state index is 12.1. The molecular formula is C16H18BrNO4. The van der Waals surface area contributed by atoms with Gasteiger partial charge >= 0.3 is 5.97 Å². The summed E-state index contributed by atoms with van der Waals surface area (Å²) in [4.78, 5) is 23.7. The molecule has 0 bridgehead atoms. The van der Waals surface area contributed by atoms with Gasteiger partial charge in [0.1, 0.15) is 5.58 Å². The molecule has 0 spiro atoms. The Morgan fingerprint density at radius 3 is 2.82 bits per heavy atom. The second kappa shape index (κ2) is 6.96. The minimum absolute atomic E-state index is 0.0523. The van der Waals surface area contributed by atoms with Crippen molar-refractivity contribution in [3.63, 3.8) is 0 Å². The van der Waals surface area contributed by atoms with Crippen LogP contribution in [0, 0.1) is 6.92 Å². The molecule has 1 aromatic heterocycles. The summed E-state index contributed by atoms with van der Waals surface area (Å²) in [6.07, 6.45) is 0.817. The molecule has 0 aliphatic heterocycles. The van der Waals surface area contributed by atoms with Crippen molar-refractivity contribution in [1.82, 2.24) is 5.32 Å². The highest BCUT2D eigenvalue weighted by Crippen LogP contribution is 2.28. The highest BCUT2D eigenvalue weighted by atomic mass is 79.9. The fourth-order valence-electron chi connectivity index (χ4n) is 2.00. The molecule has 1 heterocycles. The Morgan fingerprint density at radius 2 is 2.14 bits per heavy atom. The number of carbonyl (C=O) groups excluding carboxylic acids is 2. The predicted octanol–water partition coefficient (Wildman–Crippen LogP) is 3.58. The lowest BCUT2D eigenvalue weighted by atomic mass is 10.1. The maximum Gasteiger partial charge on any atom is 0.375 e. The molecule has 6 heteroatoms. The SMILES string of the molecule is CC[C@@H](C)NC(=O)COC(=O)c1oc2ccc(Br)cc2c1C. The maximum absolute atomic E-state index is 12.1. The quantitative estimate of drug-likeness (QED) is 0.820. The smallest absolute Gasteiger partial charge is 0.375 e. The summed E-state index contributed by atoms with van der Waals surface area (Å²) in [5.74, 6) is -0.826. The Kier molecular flexibility index (Phi) is 5.24. The molecule has 1 aromatic carbocycles. The van der Waals surface area contributed by atoms with Crippen LogP contribution in [0.4, 0.5) is 0 Å². The van der Waals surface area contributed by atoms with Crippen molar-refractivity contribution in [3.05, 3.63) is 34.0 Å². The van der Waals surface area contributed by atoms with E-state index in [1.165, 1.54) is 0 Å². The van der Waals surface area contributed by atoms with Crippen LogP contribution >= 0.6 is 15.9 Å². The zero-order valence-electron chi connectivity index (χ0n) is 12.7. The number of benzene rings is 1. The molecule has 118 valence electrons. The minimum atomic E-state index is -0.635. The standard InChI is InChI=1S/C16H18BrNO4/c1-4-9(2)18-14(19)8-21-16(20)15-10(3)12-7-11(17)5-6-13(12)22-15/h5-7,9H,4,8H2,1-3H3,(H,18,19)/t9-/m1/s1. The van der Waals surface area contributed by atoms with Crippen LogP contribution in [0.5, 0.6) is 0 Å². The van der Waals surface area contributed by atoms with E-state index in [1.54, 1.807) is 13.0 Å². The van der Waals surface area contributed by atoms with Gasteiger partial charge in [0, 0.05) is 21.5 Å². The van der Waals surface area contributed by atoms with Crippen LogP contribution in [-0.2, 0) is 9.53 Å². The lowest BCUT2D eigenvalue weighted by Gasteiger charge is -2.11. The van der Waals surface area contributed by atoms with E-state index in [1.807, 2.05) is 26.0 Å². The fraction of sp³-hybridized carbons (Fsp3) is 0.375. The summed E-state index contributed by atoms with van der Waals surface area (Å²) < 4.78 is 11.4. The van der Waals surface area contributed by atoms with Gasteiger partial charge in [-0.15, -0.1) is 0 Å². The van der Waals surface area contributed by atoms with Crippen LogP contribution in [0.25, 0.3) is 11.0 Å². The number of fused-ring (bicyclic) bond motifs is 1. The average Bonchev–Trinajstić information content (AvgIpc) is 2.81. The summed E-state index contributed by atoms with van der Waals surface area (Å²) in [5, 5.41) is 3.57. The molecule has 0 saturated heterocycles. The second-order valence-electron chi connectivity index (χ2n) is 5.15. The number of ether oxygens (including phenoxy) is 1. The van der Waals surface area contributed by atoms with Crippen LogP contribution in [0.3, 0.4) is 0 Å². The van der Waals surface area contributed by atoms with E-state index in [-0.39, 0.29) is 24.3 Å². The van der Waals surface area contributed by atoms with Crippen LogP contribution < -0.4 is 5.32 Å². The Morgan fingerprint density at radius 1 is 1.41 bits per heavy atom. The zero-order chi connectivity index (χ0) is 16.3. The van der Waals surface area contributed by atoms with E-state index < -0.39 is 5.97 Å². The lowest BCUT2D eigenvalue weighted by Crippen LogP contribution is -2.35. The van der Waals surface area contributed by atoms with E-state index in [2.05, 4.69) is 21.2 Å². The molecule has 2 rings (SSSR count). The molecule has 1 atom stereocenters. The van der Waals surface area contributed by atoms with Gasteiger partial charge in [-0.1, -0.05) is 22.9 Å². The first-order chi connectivity index (χ1) is 10.4. The predicted molar refractivity (Wildman–Crippen MR) is 86.8 cm³/mol. The molecule has 1 N–H and O–H groups in total. The normalized spacial score (nSPS) is 12.2. The van der Waals surface area contributed by atoms with Crippen molar-refractivity contribution in [2.45, 2.75) is 33.2 Å². The van der Waals surface area contributed by atoms with Gasteiger partial charge in [0.15, 0.2) is 6.61 Å². The van der Waals surface area contributed by atoms with Crippen molar-refractivity contribution >= 4 is 38.8 Å². The van der Waals surface area contributed by atoms with Crippen molar-refractivity contribution in [1.29, 1.82) is 0 Å². The van der Waals surface area contributed by atoms with Crippen molar-refractivity contribution in [2.24, 2.45) is 0 Å². The summed E-state index contributed by atoms with van der Waals surface area (Å²) >= 11 is 3.38. The van der Waals surface area contributed by atoms with Crippen LogP contribution in [0.2, 0.25) is 0 Å². The Balaban J connectivity index is 2.07. The zero-order valence-corrected chi connectivity index (χ0v) is 14.3. The van der Waals surface area contributed by atoms with Crippen LogP contribution in [0.15, 0.2) is 27.1 Å². The van der Waals surface area contributed by atoms with Gasteiger partial charge in [-0.25, -0.2) is 4.79 Å². The fourth-order valence-corrected chi connectivity index (χ4v) is 2.36. The summed E-state index contributed by atoms with van der Waals surface area (Å²) in [6.45, 7) is 5.32. The molecule has 0 radical (unpaired) electrons. The van der Waals surface area contributed by atoms with E-state index in [0.29, 0.717) is 11.1 Å². The lowest BCUT2D eigenvalue weighted by molar-refractivity contribution is -0.124. The summed E-state index contributed by atoms with van der Waals surface area (Å²) in [5.41, 5.74) is 1.31. The molecule has 1 amide bonds. The number of nitrogens with one attached hydrogen (secondary N) is 1. The third-order valence-electron chi connectivity index (χ3n) is 3.44. The molecule has 2 aromatic rings. The van der Waals surface area contributed by atoms with Gasteiger partial charge in [-0.3, -0.25) is 4.79 Å². The van der Waals surface area contributed by atoms with Gasteiger partial charge in [-0.2, -0.15) is 0 Å². The average molecular weight is 368 g/mol. The van der Waals surface area contributed by atoms with E-state index in [9.17, 15) is 9.59 Å². The number of halogens is 1. The van der Waals surface area contributed by atoms with Crippen LogP contribution in [-0.4, -0.2) is 24.5 Å². The first kappa shape index (κ1) is 16.5. The molecule has 5 nitrogen and oxygen atoms in total. The Hall–Kier alpha value is -1.82. The third-order valence-corrected chi connectivity index (χ3v) is 3.93. The molecule has 0 aliphatic carbocycles. The number of esters is 1.